The van der Waals surface area contributed by atoms with Crippen molar-refractivity contribution < 1.29 is 28.2 Å². The van der Waals surface area contributed by atoms with Gasteiger partial charge in [-0.25, -0.2) is 19.5 Å². The Morgan fingerprint density at radius 3 is 2.50 bits per heavy atom. The average molecular weight is 633 g/mol. The van der Waals surface area contributed by atoms with Crippen LogP contribution in [-0.4, -0.2) is 68.0 Å². The van der Waals surface area contributed by atoms with Crippen molar-refractivity contribution in [3.63, 3.8) is 0 Å². The number of nitrogens with one attached hydrogen (secondary N) is 1. The summed E-state index contributed by atoms with van der Waals surface area (Å²) in [7, 11) is 0. The van der Waals surface area contributed by atoms with E-state index in [4.69, 9.17) is 18.6 Å². The Labute approximate surface area is 267 Å². The second-order valence-electron chi connectivity index (χ2n) is 13.1. The second kappa shape index (κ2) is 14.3. The third-order valence-electron chi connectivity index (χ3n) is 6.63. The van der Waals surface area contributed by atoms with Crippen LogP contribution in [0.3, 0.4) is 0 Å². The molecule has 4 rings (SSSR count). The van der Waals surface area contributed by atoms with Gasteiger partial charge in [0.15, 0.2) is 6.61 Å². The highest BCUT2D eigenvalue weighted by atomic mass is 16.6. The summed E-state index contributed by atoms with van der Waals surface area (Å²) in [5.74, 6) is -0.138. The standard InChI is InChI=1S/C33H40N6O7/c1-32(2,3)45-30(41)38-10-9-24(18-38)19-39(31(42)46-33(4,5)6)20-25-11-22(7-8-23-12-26(15-34)17-35-16-23)13-27(14-25)43-21-28-36-37-29(40)44-28/h7-8,11-14,16-17,24H,9-10,18-21H2,1-6H3,(H,37,40). The smallest absolute Gasteiger partial charge is 0.434 e. The molecule has 2 amide bonds. The molecule has 3 aromatic rings. The molecule has 13 nitrogen and oxygen atoms in total. The molecule has 3 heterocycles. The molecule has 0 bridgehead atoms. The predicted molar refractivity (Wildman–Crippen MR) is 168 cm³/mol. The maximum atomic E-state index is 13.5. The van der Waals surface area contributed by atoms with Crippen LogP contribution in [0.15, 0.2) is 45.9 Å². The number of aromatic amines is 1. The topological polar surface area (TPSA) is 164 Å². The van der Waals surface area contributed by atoms with Gasteiger partial charge >= 0.3 is 17.9 Å². The van der Waals surface area contributed by atoms with E-state index in [-0.39, 0.29) is 31.1 Å². The monoisotopic (exact) mass is 632 g/mol. The fourth-order valence-electron chi connectivity index (χ4n) is 4.76. The molecule has 1 saturated heterocycles. The van der Waals surface area contributed by atoms with Crippen molar-refractivity contribution in [2.45, 2.75) is 72.3 Å². The van der Waals surface area contributed by atoms with E-state index in [0.717, 1.165) is 16.7 Å². The maximum absolute atomic E-state index is 13.5. The lowest BCUT2D eigenvalue weighted by Crippen LogP contribution is -2.40. The highest BCUT2D eigenvalue weighted by molar-refractivity contribution is 5.72. The summed E-state index contributed by atoms with van der Waals surface area (Å²) in [6, 6.07) is 9.30. The van der Waals surface area contributed by atoms with E-state index in [2.05, 4.69) is 21.3 Å². The molecule has 244 valence electrons. The van der Waals surface area contributed by atoms with Crippen molar-refractivity contribution in [2.75, 3.05) is 19.6 Å². The summed E-state index contributed by atoms with van der Waals surface area (Å²) in [4.78, 5) is 44.9. The van der Waals surface area contributed by atoms with E-state index in [0.29, 0.717) is 37.4 Å². The Morgan fingerprint density at radius 1 is 1.09 bits per heavy atom. The molecule has 1 fully saturated rings. The number of likely N-dealkylation sites (tertiary alicyclic amines) is 1. The van der Waals surface area contributed by atoms with E-state index in [1.165, 1.54) is 6.20 Å². The van der Waals surface area contributed by atoms with Gasteiger partial charge in [0.2, 0.25) is 0 Å². The lowest BCUT2D eigenvalue weighted by Gasteiger charge is -2.30. The molecular formula is C33H40N6O7. The molecule has 0 radical (unpaired) electrons. The molecule has 1 N–H and O–H groups in total. The van der Waals surface area contributed by atoms with E-state index >= 15 is 0 Å². The summed E-state index contributed by atoms with van der Waals surface area (Å²) >= 11 is 0. The van der Waals surface area contributed by atoms with E-state index in [9.17, 15) is 19.6 Å². The number of nitrogens with zero attached hydrogens (tertiary/aromatic N) is 5. The largest absolute Gasteiger partial charge is 0.484 e. The van der Waals surface area contributed by atoms with Crippen LogP contribution in [0.5, 0.6) is 5.75 Å². The van der Waals surface area contributed by atoms with Crippen LogP contribution in [0.4, 0.5) is 9.59 Å². The lowest BCUT2D eigenvalue weighted by atomic mass is 10.1. The van der Waals surface area contributed by atoms with Gasteiger partial charge < -0.3 is 28.4 Å². The molecule has 0 aliphatic carbocycles. The third kappa shape index (κ3) is 10.5. The number of hydrogen-bond donors (Lipinski definition) is 1. The van der Waals surface area contributed by atoms with Gasteiger partial charge in [-0.1, -0.05) is 12.2 Å². The average Bonchev–Trinajstić information content (AvgIpc) is 3.62. The number of amides is 2. The number of carbonyl (C=O) groups excluding carboxylic acids is 2. The molecule has 1 atom stereocenters. The molecule has 2 aromatic heterocycles. The first-order valence-corrected chi connectivity index (χ1v) is 15.0. The zero-order valence-electron chi connectivity index (χ0n) is 27.0. The summed E-state index contributed by atoms with van der Waals surface area (Å²) in [6.07, 6.45) is 6.65. The zero-order valence-corrected chi connectivity index (χ0v) is 27.0. The first-order valence-electron chi connectivity index (χ1n) is 15.0. The Morgan fingerprint density at radius 2 is 1.83 bits per heavy atom. The van der Waals surface area contributed by atoms with Crippen LogP contribution in [0.1, 0.15) is 76.1 Å². The Balaban J connectivity index is 1.59. The molecular weight excluding hydrogens is 592 g/mol. The van der Waals surface area contributed by atoms with Gasteiger partial charge in [-0.15, -0.1) is 5.10 Å². The van der Waals surface area contributed by atoms with Gasteiger partial charge in [0, 0.05) is 38.6 Å². The quantitative estimate of drug-likeness (QED) is 0.324. The van der Waals surface area contributed by atoms with Gasteiger partial charge in [0.1, 0.15) is 23.0 Å². The van der Waals surface area contributed by atoms with Crippen molar-refractivity contribution in [1.29, 1.82) is 5.26 Å². The summed E-state index contributed by atoms with van der Waals surface area (Å²) < 4.78 is 22.2. The minimum Gasteiger partial charge on any atom is -0.484 e. The Kier molecular flexibility index (Phi) is 10.5. The van der Waals surface area contributed by atoms with Crippen LogP contribution in [-0.2, 0) is 22.6 Å². The van der Waals surface area contributed by atoms with Crippen LogP contribution < -0.4 is 10.5 Å². The number of ether oxygens (including phenoxy) is 3. The summed E-state index contributed by atoms with van der Waals surface area (Å²) in [5, 5.41) is 15.2. The molecule has 1 aromatic carbocycles. The molecule has 1 aliphatic heterocycles. The maximum Gasteiger partial charge on any atom is 0.434 e. The van der Waals surface area contributed by atoms with Gasteiger partial charge in [-0.3, -0.25) is 4.98 Å². The van der Waals surface area contributed by atoms with Crippen molar-refractivity contribution in [3.05, 3.63) is 75.4 Å². The number of carbonyl (C=O) groups is 2. The molecule has 13 heteroatoms. The van der Waals surface area contributed by atoms with Gasteiger partial charge in [-0.05, 0) is 94.8 Å². The van der Waals surface area contributed by atoms with Gasteiger partial charge in [-0.2, -0.15) is 5.26 Å². The van der Waals surface area contributed by atoms with Crippen molar-refractivity contribution in [3.8, 4) is 11.8 Å². The number of H-pyrrole nitrogens is 1. The minimum atomic E-state index is -0.716. The van der Waals surface area contributed by atoms with Crippen molar-refractivity contribution in [2.24, 2.45) is 5.92 Å². The second-order valence-corrected chi connectivity index (χ2v) is 13.1. The first-order chi connectivity index (χ1) is 21.7. The number of aromatic nitrogens is 3. The molecule has 1 aliphatic rings. The highest BCUT2D eigenvalue weighted by Crippen LogP contribution is 2.26. The normalized spacial score (nSPS) is 15.1. The number of rotatable bonds is 9. The fraction of sp³-hybridized carbons (Fsp3) is 0.455. The lowest BCUT2D eigenvalue weighted by molar-refractivity contribution is 0.0196. The first kappa shape index (κ1) is 33.8. The fourth-order valence-corrected chi connectivity index (χ4v) is 4.76. The summed E-state index contributed by atoms with van der Waals surface area (Å²) in [6.45, 7) is 12.4. The zero-order chi connectivity index (χ0) is 33.5. The number of hydrogen-bond acceptors (Lipinski definition) is 10. The number of nitriles is 1. The van der Waals surface area contributed by atoms with Crippen molar-refractivity contribution in [1.82, 2.24) is 25.0 Å². The van der Waals surface area contributed by atoms with E-state index in [1.807, 2.05) is 59.8 Å². The Bertz CT molecular complexity index is 1660. The third-order valence-corrected chi connectivity index (χ3v) is 6.63. The number of pyridine rings is 1. The van der Waals surface area contributed by atoms with E-state index in [1.54, 1.807) is 34.2 Å². The number of benzene rings is 1. The molecule has 0 spiro atoms. The van der Waals surface area contributed by atoms with Crippen LogP contribution in [0.25, 0.3) is 12.2 Å². The van der Waals surface area contributed by atoms with E-state index < -0.39 is 23.1 Å². The minimum absolute atomic E-state index is 0.0151. The highest BCUT2D eigenvalue weighted by Gasteiger charge is 2.33. The Hall–Kier alpha value is -5.12. The van der Waals surface area contributed by atoms with Gasteiger partial charge in [0.25, 0.3) is 5.89 Å². The van der Waals surface area contributed by atoms with Crippen LogP contribution in [0.2, 0.25) is 0 Å². The molecule has 46 heavy (non-hydrogen) atoms. The summed E-state index contributed by atoms with van der Waals surface area (Å²) in [5.41, 5.74) is 1.35. The SMILES string of the molecule is CC(C)(C)OC(=O)N1CCC(CN(Cc2cc(C=Cc3cncc(C#N)c3)cc(OCc3n[nH]c(=O)o3)c2)C(=O)OC(C)(C)C)C1. The molecule has 1 unspecified atom stereocenters. The van der Waals surface area contributed by atoms with Crippen LogP contribution in [0, 0.1) is 17.2 Å². The predicted octanol–water partition coefficient (Wildman–Crippen LogP) is 5.37. The van der Waals surface area contributed by atoms with Crippen molar-refractivity contribution >= 4 is 24.3 Å². The van der Waals surface area contributed by atoms with Gasteiger partial charge in [0.05, 0.1) is 5.56 Å². The van der Waals surface area contributed by atoms with Crippen LogP contribution >= 0.6 is 0 Å². The molecule has 0 saturated carbocycles.